The van der Waals surface area contributed by atoms with Crippen molar-refractivity contribution in [3.8, 4) is 0 Å². The molecule has 0 spiro atoms. The largest absolute Gasteiger partial charge is 0.298 e. The highest BCUT2D eigenvalue weighted by Gasteiger charge is 2.03. The van der Waals surface area contributed by atoms with Crippen LogP contribution in [-0.4, -0.2) is 17.0 Å². The summed E-state index contributed by atoms with van der Waals surface area (Å²) in [7, 11) is 0. The molecule has 0 fully saturated rings. The zero-order valence-electron chi connectivity index (χ0n) is 10.7. The van der Waals surface area contributed by atoms with E-state index in [1.165, 1.54) is 12.1 Å². The molecule has 5 heteroatoms. The zero-order valence-corrected chi connectivity index (χ0v) is 11.5. The Morgan fingerprint density at radius 1 is 1.05 bits per heavy atom. The number of benzene rings is 2. The van der Waals surface area contributed by atoms with Gasteiger partial charge in [-0.1, -0.05) is 24.3 Å². The first-order chi connectivity index (χ1) is 9.69. The average Bonchev–Trinajstić information content (AvgIpc) is 2.48. The fraction of sp³-hybridized carbons (Fsp3) is 0.133. The standard InChI is InChI=1S/C15H13NO3S/c17-11-13-3-7-15(8-4-13)20-10-9-12-1-5-14(6-2-12)16(18)19/h1-8,11H,9-10H2. The minimum atomic E-state index is -0.396. The molecule has 0 heterocycles. The summed E-state index contributed by atoms with van der Waals surface area (Å²) in [5, 5.41) is 10.5. The SMILES string of the molecule is O=Cc1ccc(SCCc2ccc([N+](=O)[O-])cc2)cc1. The van der Waals surface area contributed by atoms with E-state index < -0.39 is 4.92 Å². The molecule has 0 bridgehead atoms. The number of carbonyl (C=O) groups excluding carboxylic acids is 1. The Balaban J connectivity index is 1.85. The van der Waals surface area contributed by atoms with Crippen molar-refractivity contribution >= 4 is 23.7 Å². The van der Waals surface area contributed by atoms with Gasteiger partial charge >= 0.3 is 0 Å². The number of hydrogen-bond acceptors (Lipinski definition) is 4. The van der Waals surface area contributed by atoms with E-state index in [2.05, 4.69) is 0 Å². The summed E-state index contributed by atoms with van der Waals surface area (Å²) < 4.78 is 0. The third-order valence-electron chi connectivity index (χ3n) is 2.82. The van der Waals surface area contributed by atoms with Gasteiger partial charge in [0.1, 0.15) is 6.29 Å². The third-order valence-corrected chi connectivity index (χ3v) is 3.84. The number of rotatable bonds is 6. The van der Waals surface area contributed by atoms with Gasteiger partial charge in [0.15, 0.2) is 0 Å². The fourth-order valence-electron chi connectivity index (χ4n) is 1.71. The quantitative estimate of drug-likeness (QED) is 0.351. The lowest BCUT2D eigenvalue weighted by Gasteiger charge is -2.02. The summed E-state index contributed by atoms with van der Waals surface area (Å²) in [5.74, 6) is 0.887. The molecule has 4 nitrogen and oxygen atoms in total. The molecule has 0 saturated heterocycles. The Morgan fingerprint density at radius 3 is 2.25 bits per heavy atom. The lowest BCUT2D eigenvalue weighted by Crippen LogP contribution is -1.91. The molecule has 2 aromatic carbocycles. The van der Waals surface area contributed by atoms with Gasteiger partial charge in [0.2, 0.25) is 0 Å². The molecule has 0 amide bonds. The maximum Gasteiger partial charge on any atom is 0.269 e. The summed E-state index contributed by atoms with van der Waals surface area (Å²) >= 11 is 1.70. The second-order valence-corrected chi connectivity index (χ2v) is 5.38. The van der Waals surface area contributed by atoms with E-state index >= 15 is 0 Å². The van der Waals surface area contributed by atoms with Gasteiger partial charge in [-0.25, -0.2) is 0 Å². The van der Waals surface area contributed by atoms with Gasteiger partial charge in [0.25, 0.3) is 5.69 Å². The van der Waals surface area contributed by atoms with Gasteiger partial charge in [0, 0.05) is 28.3 Å². The van der Waals surface area contributed by atoms with Crippen molar-refractivity contribution in [3.05, 3.63) is 69.8 Å². The van der Waals surface area contributed by atoms with Crippen molar-refractivity contribution < 1.29 is 9.72 Å². The Kier molecular flexibility index (Phi) is 4.90. The number of nitro benzene ring substituents is 1. The number of nitrogens with zero attached hydrogens (tertiary/aromatic N) is 1. The molecule has 0 radical (unpaired) electrons. The van der Waals surface area contributed by atoms with Crippen LogP contribution in [0.2, 0.25) is 0 Å². The van der Waals surface area contributed by atoms with Gasteiger partial charge in [-0.15, -0.1) is 11.8 Å². The van der Waals surface area contributed by atoms with Crippen LogP contribution in [0, 0.1) is 10.1 Å². The number of hydrogen-bond donors (Lipinski definition) is 0. The number of aryl methyl sites for hydroxylation is 1. The Bertz CT molecular complexity index is 594. The molecule has 20 heavy (non-hydrogen) atoms. The monoisotopic (exact) mass is 287 g/mol. The van der Waals surface area contributed by atoms with Crippen molar-refractivity contribution in [2.45, 2.75) is 11.3 Å². The topological polar surface area (TPSA) is 60.2 Å². The Labute approximate surface area is 121 Å². The molecule has 0 atom stereocenters. The van der Waals surface area contributed by atoms with Crippen molar-refractivity contribution in [1.82, 2.24) is 0 Å². The molecule has 2 aromatic rings. The van der Waals surface area contributed by atoms with Crippen molar-refractivity contribution in [1.29, 1.82) is 0 Å². The van der Waals surface area contributed by atoms with E-state index in [0.717, 1.165) is 28.9 Å². The van der Waals surface area contributed by atoms with Crippen LogP contribution in [-0.2, 0) is 6.42 Å². The lowest BCUT2D eigenvalue weighted by molar-refractivity contribution is -0.384. The predicted octanol–water partition coefficient (Wildman–Crippen LogP) is 3.74. The van der Waals surface area contributed by atoms with Crippen LogP contribution in [0.1, 0.15) is 15.9 Å². The number of non-ortho nitro benzene ring substituents is 1. The molecule has 0 aliphatic heterocycles. The minimum Gasteiger partial charge on any atom is -0.298 e. The summed E-state index contributed by atoms with van der Waals surface area (Å²) in [6.07, 6.45) is 1.67. The van der Waals surface area contributed by atoms with E-state index in [-0.39, 0.29) is 5.69 Å². The van der Waals surface area contributed by atoms with Crippen LogP contribution in [0.4, 0.5) is 5.69 Å². The highest BCUT2D eigenvalue weighted by atomic mass is 32.2. The Hall–Kier alpha value is -2.14. The smallest absolute Gasteiger partial charge is 0.269 e. The minimum absolute atomic E-state index is 0.117. The van der Waals surface area contributed by atoms with Crippen LogP contribution < -0.4 is 0 Å². The molecular formula is C15H13NO3S. The van der Waals surface area contributed by atoms with E-state index in [9.17, 15) is 14.9 Å². The molecule has 0 unspecified atom stereocenters. The molecule has 102 valence electrons. The second-order valence-electron chi connectivity index (χ2n) is 4.21. The van der Waals surface area contributed by atoms with Gasteiger partial charge in [0.05, 0.1) is 4.92 Å². The number of thioether (sulfide) groups is 1. The molecular weight excluding hydrogens is 274 g/mol. The first-order valence-corrected chi connectivity index (χ1v) is 7.09. The van der Waals surface area contributed by atoms with Gasteiger partial charge in [-0.05, 0) is 24.1 Å². The lowest BCUT2D eigenvalue weighted by atomic mass is 10.1. The highest BCUT2D eigenvalue weighted by Crippen LogP contribution is 2.20. The summed E-state index contributed by atoms with van der Waals surface area (Å²) in [6, 6.07) is 14.1. The van der Waals surface area contributed by atoms with Crippen molar-refractivity contribution in [3.63, 3.8) is 0 Å². The van der Waals surface area contributed by atoms with Gasteiger partial charge in [-0.3, -0.25) is 14.9 Å². The fourth-order valence-corrected chi connectivity index (χ4v) is 2.62. The van der Waals surface area contributed by atoms with E-state index in [1.54, 1.807) is 36.0 Å². The molecule has 0 N–H and O–H groups in total. The van der Waals surface area contributed by atoms with Crippen molar-refractivity contribution in [2.24, 2.45) is 0 Å². The predicted molar refractivity (Wildman–Crippen MR) is 79.4 cm³/mol. The van der Waals surface area contributed by atoms with E-state index in [1.807, 2.05) is 12.1 Å². The molecule has 2 rings (SSSR count). The molecule has 0 aliphatic rings. The van der Waals surface area contributed by atoms with Crippen LogP contribution in [0.5, 0.6) is 0 Å². The maximum absolute atomic E-state index is 10.5. The third kappa shape index (κ3) is 3.93. The number of nitro groups is 1. The van der Waals surface area contributed by atoms with Crippen LogP contribution >= 0.6 is 11.8 Å². The summed E-state index contributed by atoms with van der Waals surface area (Å²) in [6.45, 7) is 0. The Morgan fingerprint density at radius 2 is 1.70 bits per heavy atom. The van der Waals surface area contributed by atoms with Gasteiger partial charge in [-0.2, -0.15) is 0 Å². The summed E-state index contributed by atoms with van der Waals surface area (Å²) in [5.41, 5.74) is 1.86. The van der Waals surface area contributed by atoms with Gasteiger partial charge < -0.3 is 0 Å². The van der Waals surface area contributed by atoms with Crippen LogP contribution in [0.25, 0.3) is 0 Å². The summed E-state index contributed by atoms with van der Waals surface area (Å²) in [4.78, 5) is 21.8. The number of carbonyl (C=O) groups is 1. The number of aldehydes is 1. The van der Waals surface area contributed by atoms with E-state index in [0.29, 0.717) is 5.56 Å². The van der Waals surface area contributed by atoms with Crippen molar-refractivity contribution in [2.75, 3.05) is 5.75 Å². The average molecular weight is 287 g/mol. The molecule has 0 aromatic heterocycles. The second kappa shape index (κ2) is 6.86. The first-order valence-electron chi connectivity index (χ1n) is 6.10. The highest BCUT2D eigenvalue weighted by molar-refractivity contribution is 7.99. The molecule has 0 aliphatic carbocycles. The maximum atomic E-state index is 10.5. The zero-order chi connectivity index (χ0) is 14.4. The van der Waals surface area contributed by atoms with E-state index in [4.69, 9.17) is 0 Å². The normalized spacial score (nSPS) is 10.2. The molecule has 0 saturated carbocycles. The first kappa shape index (κ1) is 14.3. The van der Waals surface area contributed by atoms with Crippen LogP contribution in [0.3, 0.4) is 0 Å². The van der Waals surface area contributed by atoms with Crippen LogP contribution in [0.15, 0.2) is 53.4 Å².